The van der Waals surface area contributed by atoms with Gasteiger partial charge in [-0.3, -0.25) is 9.48 Å². The Labute approximate surface area is 132 Å². The molecule has 1 amide bonds. The van der Waals surface area contributed by atoms with Gasteiger partial charge in [0.1, 0.15) is 0 Å². The van der Waals surface area contributed by atoms with Crippen molar-refractivity contribution >= 4 is 11.6 Å². The van der Waals surface area contributed by atoms with Crippen LogP contribution in [0.3, 0.4) is 0 Å². The largest absolute Gasteiger partial charge is 0.378 e. The first-order valence-electron chi connectivity index (χ1n) is 7.33. The molecule has 0 unspecified atom stereocenters. The second kappa shape index (κ2) is 6.22. The van der Waals surface area contributed by atoms with E-state index in [2.05, 4.69) is 34.3 Å². The van der Waals surface area contributed by atoms with Gasteiger partial charge in [-0.15, -0.1) is 0 Å². The fourth-order valence-corrected chi connectivity index (χ4v) is 2.52. The third-order valence-corrected chi connectivity index (χ3v) is 3.94. The molecular weight excluding hydrogens is 276 g/mol. The van der Waals surface area contributed by atoms with Gasteiger partial charge in [-0.25, -0.2) is 0 Å². The zero-order chi connectivity index (χ0) is 16.4. The van der Waals surface area contributed by atoms with Crippen LogP contribution in [0.1, 0.15) is 27.3 Å². The summed E-state index contributed by atoms with van der Waals surface area (Å²) < 4.78 is 1.75. The molecule has 1 aromatic heterocycles. The molecular formula is C17H24N4O. The average Bonchev–Trinajstić information content (AvgIpc) is 2.72. The first kappa shape index (κ1) is 16.1. The van der Waals surface area contributed by atoms with Crippen molar-refractivity contribution in [3.05, 3.63) is 46.8 Å². The van der Waals surface area contributed by atoms with Crippen molar-refractivity contribution in [2.75, 3.05) is 26.0 Å². The van der Waals surface area contributed by atoms with Gasteiger partial charge in [0, 0.05) is 46.1 Å². The van der Waals surface area contributed by atoms with E-state index in [4.69, 9.17) is 0 Å². The number of aromatic nitrogens is 2. The fraction of sp³-hybridized carbons (Fsp3) is 0.412. The van der Waals surface area contributed by atoms with Crippen molar-refractivity contribution in [1.29, 1.82) is 0 Å². The van der Waals surface area contributed by atoms with E-state index >= 15 is 0 Å². The van der Waals surface area contributed by atoms with Crippen LogP contribution in [0, 0.1) is 13.8 Å². The van der Waals surface area contributed by atoms with Gasteiger partial charge in [-0.05, 0) is 31.5 Å². The van der Waals surface area contributed by atoms with Crippen molar-refractivity contribution < 1.29 is 4.79 Å². The van der Waals surface area contributed by atoms with Crippen LogP contribution in [-0.2, 0) is 13.6 Å². The van der Waals surface area contributed by atoms with Crippen molar-refractivity contribution in [2.45, 2.75) is 20.4 Å². The number of hydrogen-bond donors (Lipinski definition) is 0. The number of hydrogen-bond acceptors (Lipinski definition) is 3. The minimum absolute atomic E-state index is 0.0137. The third-order valence-electron chi connectivity index (χ3n) is 3.94. The third kappa shape index (κ3) is 3.13. The Morgan fingerprint density at radius 3 is 2.18 bits per heavy atom. The first-order chi connectivity index (χ1) is 10.3. The van der Waals surface area contributed by atoms with Gasteiger partial charge in [0.05, 0.1) is 11.3 Å². The Morgan fingerprint density at radius 2 is 1.73 bits per heavy atom. The molecule has 0 saturated heterocycles. The van der Waals surface area contributed by atoms with Gasteiger partial charge < -0.3 is 9.80 Å². The number of rotatable bonds is 4. The van der Waals surface area contributed by atoms with Crippen LogP contribution in [0.5, 0.6) is 0 Å². The predicted octanol–water partition coefficient (Wildman–Crippen LogP) is 2.38. The zero-order valence-electron chi connectivity index (χ0n) is 14.2. The molecule has 22 heavy (non-hydrogen) atoms. The average molecular weight is 300 g/mol. The summed E-state index contributed by atoms with van der Waals surface area (Å²) in [7, 11) is 7.71. The lowest BCUT2D eigenvalue weighted by molar-refractivity contribution is 0.0783. The summed E-state index contributed by atoms with van der Waals surface area (Å²) in [5, 5.41) is 4.32. The van der Waals surface area contributed by atoms with Gasteiger partial charge in [0.25, 0.3) is 5.91 Å². The summed E-state index contributed by atoms with van der Waals surface area (Å²) in [5.41, 5.74) is 4.64. The van der Waals surface area contributed by atoms with Crippen LogP contribution >= 0.6 is 0 Å². The fourth-order valence-electron chi connectivity index (χ4n) is 2.52. The van der Waals surface area contributed by atoms with E-state index in [9.17, 15) is 4.79 Å². The van der Waals surface area contributed by atoms with Crippen LogP contribution in [-0.4, -0.2) is 41.7 Å². The molecule has 0 spiro atoms. The van der Waals surface area contributed by atoms with Crippen molar-refractivity contribution in [3.8, 4) is 0 Å². The number of benzene rings is 1. The minimum atomic E-state index is 0.0137. The molecule has 0 bridgehead atoms. The summed E-state index contributed by atoms with van der Waals surface area (Å²) in [4.78, 5) is 16.4. The van der Waals surface area contributed by atoms with Crippen molar-refractivity contribution in [1.82, 2.24) is 14.7 Å². The van der Waals surface area contributed by atoms with Gasteiger partial charge >= 0.3 is 0 Å². The van der Waals surface area contributed by atoms with E-state index in [1.165, 1.54) is 0 Å². The van der Waals surface area contributed by atoms with E-state index < -0.39 is 0 Å². The van der Waals surface area contributed by atoms with Crippen LogP contribution in [0.25, 0.3) is 0 Å². The van der Waals surface area contributed by atoms with Crippen molar-refractivity contribution in [3.63, 3.8) is 0 Å². The maximum Gasteiger partial charge on any atom is 0.257 e. The standard InChI is InChI=1S/C17H24N4O/c1-12-16(13(2)21(6)18-12)17(22)20(5)11-14-7-9-15(10-8-14)19(3)4/h7-10H,11H2,1-6H3. The van der Waals surface area contributed by atoms with Gasteiger partial charge in [0.2, 0.25) is 0 Å². The van der Waals surface area contributed by atoms with Crippen LogP contribution in [0.2, 0.25) is 0 Å². The smallest absolute Gasteiger partial charge is 0.257 e. The predicted molar refractivity (Wildman–Crippen MR) is 89.2 cm³/mol. The number of nitrogens with zero attached hydrogens (tertiary/aromatic N) is 4. The monoisotopic (exact) mass is 300 g/mol. The summed E-state index contributed by atoms with van der Waals surface area (Å²) in [5.74, 6) is 0.0137. The normalized spacial score (nSPS) is 10.6. The summed E-state index contributed by atoms with van der Waals surface area (Å²) >= 11 is 0. The molecule has 0 radical (unpaired) electrons. The molecule has 5 nitrogen and oxygen atoms in total. The lowest BCUT2D eigenvalue weighted by Crippen LogP contribution is -2.27. The Bertz CT molecular complexity index is 671. The SMILES string of the molecule is Cc1nn(C)c(C)c1C(=O)N(C)Cc1ccc(N(C)C)cc1. The highest BCUT2D eigenvalue weighted by Gasteiger charge is 2.20. The second-order valence-electron chi connectivity index (χ2n) is 5.89. The van der Waals surface area contributed by atoms with Crippen molar-refractivity contribution in [2.24, 2.45) is 7.05 Å². The lowest BCUT2D eigenvalue weighted by Gasteiger charge is -2.18. The Morgan fingerprint density at radius 1 is 1.14 bits per heavy atom. The molecule has 5 heteroatoms. The minimum Gasteiger partial charge on any atom is -0.378 e. The van der Waals surface area contributed by atoms with E-state index in [0.29, 0.717) is 12.1 Å². The molecule has 2 aromatic rings. The van der Waals surface area contributed by atoms with E-state index in [-0.39, 0.29) is 5.91 Å². The number of anilines is 1. The molecule has 0 aliphatic rings. The number of carbonyl (C=O) groups is 1. The van der Waals surface area contributed by atoms with Gasteiger partial charge in [0.15, 0.2) is 0 Å². The van der Waals surface area contributed by atoms with Gasteiger partial charge in [-0.1, -0.05) is 12.1 Å². The van der Waals surface area contributed by atoms with Gasteiger partial charge in [-0.2, -0.15) is 5.10 Å². The highest BCUT2D eigenvalue weighted by atomic mass is 16.2. The summed E-state index contributed by atoms with van der Waals surface area (Å²) in [6.45, 7) is 4.38. The van der Waals surface area contributed by atoms with E-state index in [1.807, 2.05) is 42.0 Å². The summed E-state index contributed by atoms with van der Waals surface area (Å²) in [6, 6.07) is 8.24. The number of carbonyl (C=O) groups excluding carboxylic acids is 1. The molecule has 0 fully saturated rings. The summed E-state index contributed by atoms with van der Waals surface area (Å²) in [6.07, 6.45) is 0. The molecule has 0 saturated carbocycles. The Hall–Kier alpha value is -2.30. The molecule has 118 valence electrons. The molecule has 2 rings (SSSR count). The number of amides is 1. The maximum absolute atomic E-state index is 12.6. The Kier molecular flexibility index (Phi) is 4.54. The molecule has 1 heterocycles. The van der Waals surface area contributed by atoms with Crippen LogP contribution in [0.15, 0.2) is 24.3 Å². The van der Waals surface area contributed by atoms with E-state index in [1.54, 1.807) is 9.58 Å². The van der Waals surface area contributed by atoms with Crippen LogP contribution < -0.4 is 4.90 Å². The molecule has 1 aromatic carbocycles. The van der Waals surface area contributed by atoms with E-state index in [0.717, 1.165) is 22.6 Å². The van der Waals surface area contributed by atoms with Crippen LogP contribution in [0.4, 0.5) is 5.69 Å². The molecule has 0 atom stereocenters. The topological polar surface area (TPSA) is 41.4 Å². The highest BCUT2D eigenvalue weighted by molar-refractivity contribution is 5.96. The first-order valence-corrected chi connectivity index (χ1v) is 7.33. The maximum atomic E-state index is 12.6. The Balaban J connectivity index is 2.14. The quantitative estimate of drug-likeness (QED) is 0.870. The molecule has 0 aliphatic carbocycles. The highest BCUT2D eigenvalue weighted by Crippen LogP contribution is 2.17. The molecule has 0 N–H and O–H groups in total. The molecule has 0 aliphatic heterocycles. The number of aryl methyl sites for hydroxylation is 2. The zero-order valence-corrected chi connectivity index (χ0v) is 14.2. The second-order valence-corrected chi connectivity index (χ2v) is 5.89. The lowest BCUT2D eigenvalue weighted by atomic mass is 10.1.